The molecule has 3 aromatic rings. The highest BCUT2D eigenvalue weighted by atomic mass is 16.3. The van der Waals surface area contributed by atoms with Crippen molar-refractivity contribution in [1.82, 2.24) is 4.90 Å². The predicted octanol–water partition coefficient (Wildman–Crippen LogP) is 1.79. The number of amides is 1. The number of likely N-dealkylation sites (N-methyl/N-ethyl adjacent to an activating group) is 1. The molecule has 0 aliphatic carbocycles. The summed E-state index contributed by atoms with van der Waals surface area (Å²) in [5.41, 5.74) is 2.86. The van der Waals surface area contributed by atoms with Crippen molar-refractivity contribution in [3.8, 4) is 0 Å². The van der Waals surface area contributed by atoms with Crippen LogP contribution in [-0.4, -0.2) is 38.0 Å². The number of nitrogens with one attached hydrogen (secondary N) is 1. The Kier molecular flexibility index (Phi) is 4.32. The molecule has 0 bridgehead atoms. The van der Waals surface area contributed by atoms with Crippen molar-refractivity contribution in [3.05, 3.63) is 81.2 Å². The van der Waals surface area contributed by atoms with Crippen LogP contribution in [0.15, 0.2) is 57.7 Å². The first kappa shape index (κ1) is 17.5. The van der Waals surface area contributed by atoms with E-state index < -0.39 is 6.04 Å². The number of fused-ring (bicyclic) bond motifs is 2. The molecule has 1 amide bonds. The van der Waals surface area contributed by atoms with E-state index in [1.54, 1.807) is 17.0 Å². The van der Waals surface area contributed by atoms with Crippen molar-refractivity contribution < 1.29 is 14.1 Å². The Labute approximate surface area is 157 Å². The smallest absolute Gasteiger partial charge is 0.291 e. The first-order valence-electron chi connectivity index (χ1n) is 9.19. The zero-order valence-corrected chi connectivity index (χ0v) is 15.8. The Hall–Kier alpha value is -2.92. The van der Waals surface area contributed by atoms with Crippen molar-refractivity contribution in [2.75, 3.05) is 27.2 Å². The molecule has 0 radical (unpaired) electrons. The topological polar surface area (TPSA) is 55.0 Å². The first-order chi connectivity index (χ1) is 13.0. The second kappa shape index (κ2) is 6.67. The third-order valence-corrected chi connectivity index (χ3v) is 5.12. The highest BCUT2D eigenvalue weighted by Crippen LogP contribution is 2.37. The molecule has 0 spiro atoms. The Morgan fingerprint density at radius 2 is 1.74 bits per heavy atom. The van der Waals surface area contributed by atoms with E-state index in [4.69, 9.17) is 4.42 Å². The first-order valence-corrected chi connectivity index (χ1v) is 9.19. The number of aryl methyl sites for hydroxylation is 1. The minimum atomic E-state index is -0.409. The van der Waals surface area contributed by atoms with E-state index in [9.17, 15) is 9.59 Å². The summed E-state index contributed by atoms with van der Waals surface area (Å²) in [7, 11) is 4.10. The summed E-state index contributed by atoms with van der Waals surface area (Å²) in [4.78, 5) is 29.4. The molecular weight excluding hydrogens is 340 g/mol. The summed E-state index contributed by atoms with van der Waals surface area (Å²) in [6.45, 7) is 3.36. The molecule has 27 heavy (non-hydrogen) atoms. The van der Waals surface area contributed by atoms with Gasteiger partial charge in [0.25, 0.3) is 5.91 Å². The van der Waals surface area contributed by atoms with E-state index in [2.05, 4.69) is 0 Å². The molecule has 1 aliphatic rings. The fourth-order valence-corrected chi connectivity index (χ4v) is 3.64. The molecule has 0 unspecified atom stereocenters. The lowest BCUT2D eigenvalue weighted by Gasteiger charge is -2.25. The van der Waals surface area contributed by atoms with Crippen LogP contribution in [0, 0.1) is 6.92 Å². The maximum absolute atomic E-state index is 13.3. The van der Waals surface area contributed by atoms with Crippen molar-refractivity contribution in [2.24, 2.45) is 0 Å². The van der Waals surface area contributed by atoms with Gasteiger partial charge in [-0.2, -0.15) is 0 Å². The van der Waals surface area contributed by atoms with Crippen LogP contribution in [-0.2, 0) is 0 Å². The van der Waals surface area contributed by atoms with Crippen molar-refractivity contribution in [1.29, 1.82) is 0 Å². The molecule has 1 aromatic heterocycles. The number of hydrogen-bond acceptors (Lipinski definition) is 3. The number of carbonyl (C=O) groups excluding carboxylic acids is 1. The quantitative estimate of drug-likeness (QED) is 0.769. The van der Waals surface area contributed by atoms with Crippen LogP contribution in [0.4, 0.5) is 0 Å². The number of benzene rings is 2. The van der Waals surface area contributed by atoms with Crippen LogP contribution >= 0.6 is 0 Å². The van der Waals surface area contributed by atoms with Crippen LogP contribution < -0.4 is 10.3 Å². The average Bonchev–Trinajstić information content (AvgIpc) is 2.93. The number of rotatable bonds is 4. The van der Waals surface area contributed by atoms with E-state index in [-0.39, 0.29) is 17.1 Å². The molecule has 2 heterocycles. The van der Waals surface area contributed by atoms with Gasteiger partial charge in [-0.25, -0.2) is 0 Å². The predicted molar refractivity (Wildman–Crippen MR) is 104 cm³/mol. The molecule has 1 aliphatic heterocycles. The lowest BCUT2D eigenvalue weighted by molar-refractivity contribution is -0.857. The van der Waals surface area contributed by atoms with Gasteiger partial charge in [0, 0.05) is 0 Å². The van der Waals surface area contributed by atoms with Gasteiger partial charge in [-0.3, -0.25) is 9.59 Å². The van der Waals surface area contributed by atoms with Crippen molar-refractivity contribution in [2.45, 2.75) is 13.0 Å². The molecule has 5 nitrogen and oxygen atoms in total. The maximum atomic E-state index is 13.3. The zero-order valence-electron chi connectivity index (χ0n) is 15.8. The van der Waals surface area contributed by atoms with Gasteiger partial charge >= 0.3 is 0 Å². The number of para-hydroxylation sites is 1. The van der Waals surface area contributed by atoms with E-state index in [1.165, 1.54) is 4.90 Å². The number of quaternary nitrogens is 1. The molecule has 5 heteroatoms. The zero-order chi connectivity index (χ0) is 19.1. The summed E-state index contributed by atoms with van der Waals surface area (Å²) in [6, 6.07) is 14.7. The maximum Gasteiger partial charge on any atom is 0.291 e. The molecular formula is C22H23N2O3+. The molecule has 1 N–H and O–H groups in total. The summed E-state index contributed by atoms with van der Waals surface area (Å²) >= 11 is 0. The van der Waals surface area contributed by atoms with Gasteiger partial charge in [0.1, 0.15) is 5.58 Å². The number of nitrogens with zero attached hydrogens (tertiary/aromatic N) is 1. The highest BCUT2D eigenvalue weighted by Gasteiger charge is 2.42. The van der Waals surface area contributed by atoms with Gasteiger partial charge in [0.2, 0.25) is 5.76 Å². The van der Waals surface area contributed by atoms with Crippen molar-refractivity contribution >= 4 is 16.9 Å². The fourth-order valence-electron chi connectivity index (χ4n) is 3.64. The van der Waals surface area contributed by atoms with E-state index in [0.29, 0.717) is 23.1 Å². The van der Waals surface area contributed by atoms with Gasteiger partial charge in [-0.1, -0.05) is 42.0 Å². The standard InChI is InChI=1S/C22H22N2O3/c1-14-8-10-15(11-9-14)19-18-20(25)16-6-4-5-7-17(16)27-21(18)22(26)24(19)13-12-23(2)3/h4-11,19H,12-13H2,1-3H3/p+1/t19-/m0/s1. The van der Waals surface area contributed by atoms with Gasteiger partial charge in [0.15, 0.2) is 5.43 Å². The number of carbonyl (C=O) groups is 1. The van der Waals surface area contributed by atoms with Crippen LogP contribution in [0.1, 0.15) is 33.3 Å². The summed E-state index contributed by atoms with van der Waals surface area (Å²) in [6.07, 6.45) is 0. The minimum absolute atomic E-state index is 0.120. The molecule has 1 atom stereocenters. The molecule has 0 saturated heterocycles. The number of hydrogen-bond donors (Lipinski definition) is 1. The van der Waals surface area contributed by atoms with Crippen molar-refractivity contribution in [3.63, 3.8) is 0 Å². The van der Waals surface area contributed by atoms with Gasteiger partial charge < -0.3 is 14.2 Å². The SMILES string of the molecule is Cc1ccc([C@H]2c3c(oc4ccccc4c3=O)C(=O)N2CC[NH+](C)C)cc1. The molecule has 2 aromatic carbocycles. The Balaban J connectivity index is 1.93. The van der Waals surface area contributed by atoms with Crippen LogP contribution in [0.2, 0.25) is 0 Å². The fraction of sp³-hybridized carbons (Fsp3) is 0.273. The average molecular weight is 363 g/mol. The van der Waals surface area contributed by atoms with Crippen LogP contribution in [0.5, 0.6) is 0 Å². The van der Waals surface area contributed by atoms with Crippen LogP contribution in [0.25, 0.3) is 11.0 Å². The molecule has 0 saturated carbocycles. The van der Waals surface area contributed by atoms with Crippen LogP contribution in [0.3, 0.4) is 0 Å². The molecule has 4 rings (SSSR count). The molecule has 0 fully saturated rings. The third kappa shape index (κ3) is 2.94. The van der Waals surface area contributed by atoms with Gasteiger partial charge in [-0.05, 0) is 24.6 Å². The van der Waals surface area contributed by atoms with Gasteiger partial charge in [0.05, 0.1) is 44.2 Å². The lowest BCUT2D eigenvalue weighted by atomic mass is 9.98. The monoisotopic (exact) mass is 363 g/mol. The van der Waals surface area contributed by atoms with E-state index in [0.717, 1.165) is 17.7 Å². The van der Waals surface area contributed by atoms with E-state index in [1.807, 2.05) is 57.4 Å². The minimum Gasteiger partial charge on any atom is -0.450 e. The lowest BCUT2D eigenvalue weighted by Crippen LogP contribution is -3.06. The normalized spacial score (nSPS) is 16.4. The van der Waals surface area contributed by atoms with E-state index >= 15 is 0 Å². The summed E-state index contributed by atoms with van der Waals surface area (Å²) < 4.78 is 5.91. The molecule has 138 valence electrons. The Morgan fingerprint density at radius 3 is 2.44 bits per heavy atom. The summed E-state index contributed by atoms with van der Waals surface area (Å²) in [5.74, 6) is -0.0299. The second-order valence-electron chi connectivity index (χ2n) is 7.44. The Morgan fingerprint density at radius 1 is 1.04 bits per heavy atom. The Bertz CT molecular complexity index is 1070. The third-order valence-electron chi connectivity index (χ3n) is 5.12. The highest BCUT2D eigenvalue weighted by molar-refractivity contribution is 5.99. The largest absolute Gasteiger partial charge is 0.450 e. The summed E-state index contributed by atoms with van der Waals surface area (Å²) in [5, 5.41) is 0.515. The second-order valence-corrected chi connectivity index (χ2v) is 7.44. The van der Waals surface area contributed by atoms with Gasteiger partial charge in [-0.15, -0.1) is 0 Å².